The predicted molar refractivity (Wildman–Crippen MR) is 51.1 cm³/mol. The quantitative estimate of drug-likeness (QED) is 0.471. The van der Waals surface area contributed by atoms with Gasteiger partial charge in [0.2, 0.25) is 0 Å². The van der Waals surface area contributed by atoms with E-state index < -0.39 is 0 Å². The fourth-order valence-electron chi connectivity index (χ4n) is 0.829. The predicted octanol–water partition coefficient (Wildman–Crippen LogP) is 3.10. The summed E-state index contributed by atoms with van der Waals surface area (Å²) in [5.74, 6) is 0. The van der Waals surface area contributed by atoms with Crippen molar-refractivity contribution < 1.29 is 0 Å². The molecule has 0 aromatic rings. The number of hydrogen-bond acceptors (Lipinski definition) is 1. The first-order chi connectivity index (χ1) is 5.13. The van der Waals surface area contributed by atoms with Gasteiger partial charge in [0.15, 0.2) is 0 Å². The lowest BCUT2D eigenvalue weighted by Gasteiger charge is -2.01. The minimum atomic E-state index is 0.584. The topological polar surface area (TPSA) is 23.9 Å². The highest BCUT2D eigenvalue weighted by atomic mass is 14.4. The Morgan fingerprint density at radius 2 is 1.91 bits per heavy atom. The van der Waals surface area contributed by atoms with Crippen molar-refractivity contribution in [2.24, 2.45) is 0 Å². The van der Waals surface area contributed by atoms with Crippen LogP contribution in [0.15, 0.2) is 36.0 Å². The van der Waals surface area contributed by atoms with Gasteiger partial charge in [0.05, 0.1) is 0 Å². The van der Waals surface area contributed by atoms with E-state index in [2.05, 4.69) is 6.58 Å². The fraction of sp³-hybridized carbons (Fsp3) is 0.300. The van der Waals surface area contributed by atoms with Gasteiger partial charge in [-0.2, -0.15) is 0 Å². The van der Waals surface area contributed by atoms with Gasteiger partial charge in [0.1, 0.15) is 0 Å². The molecule has 0 atom stereocenters. The smallest absolute Gasteiger partial charge is 0.0357 e. The first-order valence-electron chi connectivity index (χ1n) is 3.65. The van der Waals surface area contributed by atoms with Crippen molar-refractivity contribution in [3.8, 4) is 0 Å². The Morgan fingerprint density at radius 1 is 1.36 bits per heavy atom. The zero-order valence-corrected chi connectivity index (χ0v) is 7.44. The Bertz CT molecular complexity index is 219. The van der Waals surface area contributed by atoms with Gasteiger partial charge in [0, 0.05) is 5.71 Å². The van der Waals surface area contributed by atoms with Gasteiger partial charge >= 0.3 is 0 Å². The number of hydrogen-bond donors (Lipinski definition) is 1. The average Bonchev–Trinajstić information content (AvgIpc) is 1.98. The summed E-state index contributed by atoms with van der Waals surface area (Å²) in [6.07, 6.45) is 5.63. The molecule has 0 aromatic carbocycles. The van der Waals surface area contributed by atoms with E-state index in [0.717, 1.165) is 11.1 Å². The molecule has 1 nitrogen and oxygen atoms in total. The van der Waals surface area contributed by atoms with Crippen LogP contribution in [0.1, 0.15) is 20.8 Å². The van der Waals surface area contributed by atoms with Crippen LogP contribution in [0.2, 0.25) is 0 Å². The molecule has 1 N–H and O–H groups in total. The van der Waals surface area contributed by atoms with Crippen molar-refractivity contribution in [1.29, 1.82) is 5.41 Å². The van der Waals surface area contributed by atoms with E-state index in [4.69, 9.17) is 5.41 Å². The van der Waals surface area contributed by atoms with Gasteiger partial charge in [0.25, 0.3) is 0 Å². The van der Waals surface area contributed by atoms with Crippen LogP contribution >= 0.6 is 0 Å². The summed E-state index contributed by atoms with van der Waals surface area (Å²) in [4.78, 5) is 0. The second kappa shape index (κ2) is 4.67. The molecule has 0 saturated heterocycles. The van der Waals surface area contributed by atoms with Crippen LogP contribution in [-0.2, 0) is 0 Å². The zero-order chi connectivity index (χ0) is 8.85. The van der Waals surface area contributed by atoms with Crippen LogP contribution in [0.3, 0.4) is 0 Å². The van der Waals surface area contributed by atoms with Crippen LogP contribution in [0.4, 0.5) is 0 Å². The van der Waals surface area contributed by atoms with E-state index in [0.29, 0.717) is 5.71 Å². The molecule has 0 bridgehead atoms. The van der Waals surface area contributed by atoms with Crippen molar-refractivity contribution >= 4 is 5.71 Å². The van der Waals surface area contributed by atoms with Crippen LogP contribution in [0.25, 0.3) is 0 Å². The molecule has 0 unspecified atom stereocenters. The minimum Gasteiger partial charge on any atom is -0.305 e. The maximum atomic E-state index is 7.43. The summed E-state index contributed by atoms with van der Waals surface area (Å²) in [6, 6.07) is 0. The van der Waals surface area contributed by atoms with Crippen molar-refractivity contribution in [3.05, 3.63) is 36.0 Å². The highest BCUT2D eigenvalue weighted by molar-refractivity contribution is 5.99. The molecule has 0 heterocycles. The van der Waals surface area contributed by atoms with Gasteiger partial charge in [-0.15, -0.1) is 0 Å². The molecule has 0 aliphatic carbocycles. The molecule has 0 aromatic heterocycles. The molecule has 0 aliphatic rings. The summed E-state index contributed by atoms with van der Waals surface area (Å²) < 4.78 is 0. The van der Waals surface area contributed by atoms with Gasteiger partial charge in [-0.05, 0) is 31.9 Å². The lowest BCUT2D eigenvalue weighted by atomic mass is 10.1. The van der Waals surface area contributed by atoms with Crippen molar-refractivity contribution in [2.75, 3.05) is 0 Å². The Kier molecular flexibility index (Phi) is 4.20. The molecular weight excluding hydrogens is 134 g/mol. The highest BCUT2D eigenvalue weighted by Crippen LogP contribution is 2.07. The zero-order valence-electron chi connectivity index (χ0n) is 7.44. The van der Waals surface area contributed by atoms with E-state index in [9.17, 15) is 0 Å². The number of allylic oxidation sites excluding steroid dienone is 5. The third kappa shape index (κ3) is 2.99. The van der Waals surface area contributed by atoms with Gasteiger partial charge in [-0.25, -0.2) is 0 Å². The molecule has 0 rings (SSSR count). The van der Waals surface area contributed by atoms with E-state index in [1.165, 1.54) is 0 Å². The highest BCUT2D eigenvalue weighted by Gasteiger charge is 1.96. The maximum absolute atomic E-state index is 7.43. The van der Waals surface area contributed by atoms with E-state index >= 15 is 0 Å². The van der Waals surface area contributed by atoms with E-state index in [-0.39, 0.29) is 0 Å². The molecule has 0 saturated carbocycles. The molecule has 0 radical (unpaired) electrons. The molecule has 1 heteroatoms. The lowest BCUT2D eigenvalue weighted by Crippen LogP contribution is -1.94. The minimum absolute atomic E-state index is 0.584. The number of rotatable bonds is 3. The van der Waals surface area contributed by atoms with E-state index in [1.54, 1.807) is 13.0 Å². The Balaban J connectivity index is 4.87. The van der Waals surface area contributed by atoms with Gasteiger partial charge < -0.3 is 5.41 Å². The van der Waals surface area contributed by atoms with Crippen LogP contribution in [-0.4, -0.2) is 5.71 Å². The van der Waals surface area contributed by atoms with E-state index in [1.807, 2.05) is 26.0 Å². The normalized spacial score (nSPS) is 13.0. The third-order valence-corrected chi connectivity index (χ3v) is 1.47. The first kappa shape index (κ1) is 9.89. The molecule has 0 aliphatic heterocycles. The first-order valence-corrected chi connectivity index (χ1v) is 3.65. The second-order valence-corrected chi connectivity index (χ2v) is 2.43. The Hall–Kier alpha value is -1.11. The average molecular weight is 149 g/mol. The third-order valence-electron chi connectivity index (χ3n) is 1.47. The Labute approximate surface area is 68.6 Å². The summed E-state index contributed by atoms with van der Waals surface area (Å²) in [7, 11) is 0. The van der Waals surface area contributed by atoms with Crippen molar-refractivity contribution in [2.45, 2.75) is 20.8 Å². The SMILES string of the molecule is C=C/C(C)=C(/C=C\C)C(C)=N. The Morgan fingerprint density at radius 3 is 2.18 bits per heavy atom. The number of nitrogens with one attached hydrogen (secondary N) is 1. The molecule has 11 heavy (non-hydrogen) atoms. The lowest BCUT2D eigenvalue weighted by molar-refractivity contribution is 1.40. The molecular formula is C10H15N. The van der Waals surface area contributed by atoms with Gasteiger partial charge in [-0.3, -0.25) is 0 Å². The summed E-state index contributed by atoms with van der Waals surface area (Å²) in [5, 5.41) is 7.43. The van der Waals surface area contributed by atoms with Crippen LogP contribution < -0.4 is 0 Å². The summed E-state index contributed by atoms with van der Waals surface area (Å²) in [5.41, 5.74) is 2.60. The second-order valence-electron chi connectivity index (χ2n) is 2.43. The van der Waals surface area contributed by atoms with Crippen LogP contribution in [0.5, 0.6) is 0 Å². The maximum Gasteiger partial charge on any atom is 0.0357 e. The molecule has 0 fully saturated rings. The summed E-state index contributed by atoms with van der Waals surface area (Å²) in [6.45, 7) is 9.34. The van der Waals surface area contributed by atoms with Crippen LogP contribution in [0, 0.1) is 5.41 Å². The van der Waals surface area contributed by atoms with Crippen molar-refractivity contribution in [3.63, 3.8) is 0 Å². The van der Waals surface area contributed by atoms with Crippen molar-refractivity contribution in [1.82, 2.24) is 0 Å². The largest absolute Gasteiger partial charge is 0.305 e. The monoisotopic (exact) mass is 149 g/mol. The fourth-order valence-corrected chi connectivity index (χ4v) is 0.829. The summed E-state index contributed by atoms with van der Waals surface area (Å²) >= 11 is 0. The molecule has 0 amide bonds. The van der Waals surface area contributed by atoms with Gasteiger partial charge in [-0.1, -0.05) is 24.8 Å². The standard InChI is InChI=1S/C10H15N/c1-5-7-10(9(4)11)8(3)6-2/h5-7,11H,2H2,1,3-4H3/b7-5-,10-8-,11-9?. The molecule has 60 valence electrons. The molecule has 0 spiro atoms.